The van der Waals surface area contributed by atoms with E-state index in [1.165, 1.54) is 6.08 Å². The topological polar surface area (TPSA) is 80.7 Å². The summed E-state index contributed by atoms with van der Waals surface area (Å²) in [5.74, 6) is -0.424. The molecule has 0 saturated carbocycles. The third kappa shape index (κ3) is 3.24. The fourth-order valence-corrected chi connectivity index (χ4v) is 3.74. The van der Waals surface area contributed by atoms with Gasteiger partial charge in [-0.25, -0.2) is 9.36 Å². The number of aromatic nitrogens is 3. The maximum absolute atomic E-state index is 13.5. The van der Waals surface area contributed by atoms with E-state index in [2.05, 4.69) is 11.1 Å². The lowest BCUT2D eigenvalue weighted by atomic mass is 9.86. The van der Waals surface area contributed by atoms with Gasteiger partial charge in [0.25, 0.3) is 5.91 Å². The largest absolute Gasteiger partial charge is 0.340 e. The van der Waals surface area contributed by atoms with Crippen molar-refractivity contribution in [1.29, 1.82) is 5.26 Å². The molecule has 2 aromatic heterocycles. The molecule has 154 valence electrons. The quantitative estimate of drug-likeness (QED) is 0.460. The van der Waals surface area contributed by atoms with Crippen molar-refractivity contribution in [3.8, 4) is 11.8 Å². The summed E-state index contributed by atoms with van der Waals surface area (Å²) in [6, 6.07) is 15.4. The van der Waals surface area contributed by atoms with Crippen molar-refractivity contribution in [3.05, 3.63) is 82.4 Å². The Labute approximate surface area is 179 Å². The molecule has 0 N–H and O–H groups in total. The average molecular weight is 410 g/mol. The first-order valence-corrected chi connectivity index (χ1v) is 10.0. The highest BCUT2D eigenvalue weighted by Crippen LogP contribution is 2.28. The number of pyridine rings is 1. The van der Waals surface area contributed by atoms with Gasteiger partial charge in [0.1, 0.15) is 0 Å². The normalized spacial score (nSPS) is 12.0. The Morgan fingerprint density at radius 1 is 1.16 bits per heavy atom. The van der Waals surface area contributed by atoms with Gasteiger partial charge in [-0.2, -0.15) is 5.26 Å². The second-order valence-corrected chi connectivity index (χ2v) is 8.09. The van der Waals surface area contributed by atoms with Gasteiger partial charge in [-0.15, -0.1) is 0 Å². The lowest BCUT2D eigenvalue weighted by molar-refractivity contribution is 0.0969. The van der Waals surface area contributed by atoms with Crippen molar-refractivity contribution in [2.45, 2.75) is 33.1 Å². The molecule has 0 spiro atoms. The van der Waals surface area contributed by atoms with E-state index in [0.29, 0.717) is 16.7 Å². The molecule has 4 rings (SSSR count). The number of benzene rings is 2. The summed E-state index contributed by atoms with van der Waals surface area (Å²) in [6.45, 7) is 7.39. The molecule has 2 aromatic carbocycles. The first-order valence-electron chi connectivity index (χ1n) is 10.0. The summed E-state index contributed by atoms with van der Waals surface area (Å²) in [5, 5.41) is 10.2. The third-order valence-corrected chi connectivity index (χ3v) is 5.48. The number of aryl methyl sites for hydroxylation is 1. The highest BCUT2D eigenvalue weighted by Gasteiger charge is 2.23. The van der Waals surface area contributed by atoms with Crippen LogP contribution in [0.5, 0.6) is 0 Å². The first kappa shape index (κ1) is 20.3. The van der Waals surface area contributed by atoms with E-state index in [-0.39, 0.29) is 0 Å². The van der Waals surface area contributed by atoms with Crippen molar-refractivity contribution >= 4 is 27.8 Å². The Morgan fingerprint density at radius 2 is 1.87 bits per heavy atom. The zero-order chi connectivity index (χ0) is 22.3. The van der Waals surface area contributed by atoms with Gasteiger partial charge in [-0.3, -0.25) is 14.3 Å². The minimum absolute atomic E-state index is 0.424. The number of imidazole rings is 1. The molecule has 4 aromatic rings. The zero-order valence-electron chi connectivity index (χ0n) is 17.9. The lowest BCUT2D eigenvalue weighted by Gasteiger charge is -2.16. The Morgan fingerprint density at radius 3 is 2.52 bits per heavy atom. The summed E-state index contributed by atoms with van der Waals surface area (Å²) in [6.07, 6.45) is 4.54. The molecule has 0 aliphatic heterocycles. The van der Waals surface area contributed by atoms with E-state index in [4.69, 9.17) is 0 Å². The SMILES string of the molecule is C/C=C/C(=O)n1c(=O)n(-c2ccc(C(C)(C)C#N)cc2)c2c3cc(C)ccc3ncc21. The van der Waals surface area contributed by atoms with Gasteiger partial charge < -0.3 is 0 Å². The Balaban J connectivity index is 2.10. The maximum Gasteiger partial charge on any atom is 0.340 e. The summed E-state index contributed by atoms with van der Waals surface area (Å²) in [4.78, 5) is 30.7. The molecule has 0 radical (unpaired) electrons. The summed E-state index contributed by atoms with van der Waals surface area (Å²) in [5.41, 5.74) is 3.21. The highest BCUT2D eigenvalue weighted by molar-refractivity contribution is 6.07. The molecule has 0 unspecified atom stereocenters. The number of hydrogen-bond acceptors (Lipinski definition) is 4. The molecular formula is C25H22N4O2. The number of carbonyl (C=O) groups excluding carboxylic acids is 1. The molecule has 0 aliphatic carbocycles. The van der Waals surface area contributed by atoms with Crippen molar-refractivity contribution < 1.29 is 4.79 Å². The monoisotopic (exact) mass is 410 g/mol. The molecule has 0 bridgehead atoms. The van der Waals surface area contributed by atoms with Crippen molar-refractivity contribution in [3.63, 3.8) is 0 Å². The standard InChI is InChI=1S/C25H22N4O2/c1-5-6-22(30)29-21-14-27-20-12-7-16(2)13-19(20)23(21)28(24(29)31)18-10-8-17(9-11-18)25(3,4)15-26/h5-14H,1-4H3/b6-5+. The second kappa shape index (κ2) is 7.37. The van der Waals surface area contributed by atoms with E-state index in [1.807, 2.05) is 63.2 Å². The number of hydrogen-bond donors (Lipinski definition) is 0. The van der Waals surface area contributed by atoms with E-state index in [9.17, 15) is 14.9 Å². The summed E-state index contributed by atoms with van der Waals surface area (Å²) < 4.78 is 2.70. The van der Waals surface area contributed by atoms with Gasteiger partial charge in [0, 0.05) is 5.39 Å². The third-order valence-electron chi connectivity index (χ3n) is 5.48. The van der Waals surface area contributed by atoms with E-state index < -0.39 is 17.0 Å². The number of rotatable bonds is 3. The van der Waals surface area contributed by atoms with Crippen LogP contribution in [-0.2, 0) is 5.41 Å². The molecule has 0 saturated heterocycles. The Hall–Kier alpha value is -3.98. The van der Waals surface area contributed by atoms with E-state index in [0.717, 1.165) is 26.6 Å². The number of allylic oxidation sites excluding steroid dienone is 2. The molecule has 0 aliphatic rings. The van der Waals surface area contributed by atoms with Crippen LogP contribution in [0.15, 0.2) is 65.6 Å². The van der Waals surface area contributed by atoms with Crippen LogP contribution < -0.4 is 5.69 Å². The average Bonchev–Trinajstić information content (AvgIpc) is 3.06. The molecule has 0 amide bonds. The van der Waals surface area contributed by atoms with Crippen LogP contribution in [0.3, 0.4) is 0 Å². The molecule has 2 heterocycles. The molecular weight excluding hydrogens is 388 g/mol. The lowest BCUT2D eigenvalue weighted by Crippen LogP contribution is -2.27. The molecule has 0 fully saturated rings. The van der Waals surface area contributed by atoms with Gasteiger partial charge in [0.15, 0.2) is 0 Å². The van der Waals surface area contributed by atoms with Gasteiger partial charge in [-0.1, -0.05) is 29.8 Å². The van der Waals surface area contributed by atoms with Crippen LogP contribution >= 0.6 is 0 Å². The zero-order valence-corrected chi connectivity index (χ0v) is 17.9. The molecule has 31 heavy (non-hydrogen) atoms. The van der Waals surface area contributed by atoms with Gasteiger partial charge in [0.05, 0.1) is 39.9 Å². The molecule has 0 atom stereocenters. The van der Waals surface area contributed by atoms with Gasteiger partial charge in [0.2, 0.25) is 0 Å². The van der Waals surface area contributed by atoms with Gasteiger partial charge >= 0.3 is 5.69 Å². The van der Waals surface area contributed by atoms with Crippen LogP contribution in [0, 0.1) is 18.3 Å². The first-order chi connectivity index (χ1) is 14.8. The van der Waals surface area contributed by atoms with Crippen molar-refractivity contribution in [1.82, 2.24) is 14.1 Å². The fourth-order valence-electron chi connectivity index (χ4n) is 3.74. The fraction of sp³-hybridized carbons (Fsp3) is 0.200. The number of nitrogens with zero attached hydrogens (tertiary/aromatic N) is 4. The number of carbonyl (C=O) groups is 1. The van der Waals surface area contributed by atoms with Crippen LogP contribution in [-0.4, -0.2) is 20.0 Å². The summed E-state index contributed by atoms with van der Waals surface area (Å²) >= 11 is 0. The highest BCUT2D eigenvalue weighted by atomic mass is 16.2. The van der Waals surface area contributed by atoms with Crippen molar-refractivity contribution in [2.24, 2.45) is 0 Å². The van der Waals surface area contributed by atoms with Crippen molar-refractivity contribution in [2.75, 3.05) is 0 Å². The smallest absolute Gasteiger partial charge is 0.269 e. The van der Waals surface area contributed by atoms with Crippen LogP contribution in [0.25, 0.3) is 27.6 Å². The molecule has 6 nitrogen and oxygen atoms in total. The molecule has 6 heteroatoms. The van der Waals surface area contributed by atoms with Crippen LogP contribution in [0.1, 0.15) is 36.7 Å². The summed E-state index contributed by atoms with van der Waals surface area (Å²) in [7, 11) is 0. The van der Waals surface area contributed by atoms with Gasteiger partial charge in [-0.05, 0) is 63.6 Å². The van der Waals surface area contributed by atoms with E-state index >= 15 is 0 Å². The number of nitriles is 1. The minimum atomic E-state index is -0.646. The Kier molecular flexibility index (Phi) is 4.82. The maximum atomic E-state index is 13.5. The predicted octanol–water partition coefficient (Wildman–Crippen LogP) is 4.67. The van der Waals surface area contributed by atoms with Crippen LogP contribution in [0.4, 0.5) is 0 Å². The Bertz CT molecular complexity index is 1460. The minimum Gasteiger partial charge on any atom is -0.269 e. The van der Waals surface area contributed by atoms with E-state index in [1.54, 1.807) is 23.8 Å². The van der Waals surface area contributed by atoms with Crippen LogP contribution in [0.2, 0.25) is 0 Å². The predicted molar refractivity (Wildman–Crippen MR) is 122 cm³/mol. The number of fused-ring (bicyclic) bond motifs is 3. The second-order valence-electron chi connectivity index (χ2n) is 8.09.